The van der Waals surface area contributed by atoms with E-state index in [0.717, 1.165) is 10.8 Å². The van der Waals surface area contributed by atoms with Crippen molar-refractivity contribution < 1.29 is 14.3 Å². The van der Waals surface area contributed by atoms with Crippen LogP contribution >= 0.6 is 0 Å². The predicted molar refractivity (Wildman–Crippen MR) is 104 cm³/mol. The largest absolute Gasteiger partial charge is 0.493 e. The Balaban J connectivity index is 1.87. The van der Waals surface area contributed by atoms with Gasteiger partial charge in [0.25, 0.3) is 5.91 Å². The molecule has 0 saturated carbocycles. The van der Waals surface area contributed by atoms with Gasteiger partial charge >= 0.3 is 0 Å². The number of benzene rings is 2. The number of rotatable bonds is 6. The standard InChI is InChI=1S/C20H22N4O3/c1-4-27-16-10-9-14-7-5-6-8-15(14)19(16)20(26)21-17-11-12-24(22-17)13-18(25)23(2)3/h5-12H,4,13H2,1-3H3,(H,21,22,26). The van der Waals surface area contributed by atoms with Crippen LogP contribution in [0.1, 0.15) is 17.3 Å². The number of anilines is 1. The summed E-state index contributed by atoms with van der Waals surface area (Å²) >= 11 is 0. The second-order valence-electron chi connectivity index (χ2n) is 6.23. The summed E-state index contributed by atoms with van der Waals surface area (Å²) < 4.78 is 7.14. The third-order valence-electron chi connectivity index (χ3n) is 4.10. The van der Waals surface area contributed by atoms with Crippen LogP contribution < -0.4 is 10.1 Å². The van der Waals surface area contributed by atoms with Crippen LogP contribution in [0.2, 0.25) is 0 Å². The van der Waals surface area contributed by atoms with Gasteiger partial charge in [0.1, 0.15) is 12.3 Å². The lowest BCUT2D eigenvalue weighted by atomic mass is 10.0. The summed E-state index contributed by atoms with van der Waals surface area (Å²) in [4.78, 5) is 26.2. The first kappa shape index (κ1) is 18.4. The van der Waals surface area contributed by atoms with Gasteiger partial charge in [0.15, 0.2) is 5.82 Å². The minimum Gasteiger partial charge on any atom is -0.493 e. The summed E-state index contributed by atoms with van der Waals surface area (Å²) in [7, 11) is 3.37. The Bertz CT molecular complexity index is 978. The maximum atomic E-state index is 12.9. The van der Waals surface area contributed by atoms with Gasteiger partial charge in [-0.2, -0.15) is 5.10 Å². The Hall–Kier alpha value is -3.35. The van der Waals surface area contributed by atoms with Crippen molar-refractivity contribution in [3.8, 4) is 5.75 Å². The molecule has 0 atom stereocenters. The summed E-state index contributed by atoms with van der Waals surface area (Å²) in [6, 6.07) is 13.0. The normalized spacial score (nSPS) is 10.6. The molecule has 0 fully saturated rings. The molecule has 0 saturated heterocycles. The van der Waals surface area contributed by atoms with Crippen LogP contribution in [-0.4, -0.2) is 47.2 Å². The molecule has 0 spiro atoms. The molecular weight excluding hydrogens is 344 g/mol. The number of hydrogen-bond donors (Lipinski definition) is 1. The average Bonchev–Trinajstić information content (AvgIpc) is 3.08. The third kappa shape index (κ3) is 4.08. The quantitative estimate of drug-likeness (QED) is 0.728. The third-order valence-corrected chi connectivity index (χ3v) is 4.10. The van der Waals surface area contributed by atoms with Crippen LogP contribution in [0.4, 0.5) is 5.82 Å². The van der Waals surface area contributed by atoms with E-state index in [1.54, 1.807) is 32.4 Å². The molecule has 0 unspecified atom stereocenters. The fourth-order valence-corrected chi connectivity index (χ4v) is 2.74. The first-order valence-electron chi connectivity index (χ1n) is 8.69. The molecule has 0 aliphatic rings. The van der Waals surface area contributed by atoms with Crippen LogP contribution in [-0.2, 0) is 11.3 Å². The highest BCUT2D eigenvalue weighted by Gasteiger charge is 2.18. The lowest BCUT2D eigenvalue weighted by Gasteiger charge is -2.13. The Morgan fingerprint density at radius 3 is 2.67 bits per heavy atom. The number of nitrogens with one attached hydrogen (secondary N) is 1. The number of nitrogens with zero attached hydrogens (tertiary/aromatic N) is 3. The highest BCUT2D eigenvalue weighted by Crippen LogP contribution is 2.29. The van der Waals surface area contributed by atoms with Gasteiger partial charge in [-0.3, -0.25) is 14.3 Å². The Kier molecular flexibility index (Phi) is 5.40. The number of ether oxygens (including phenoxy) is 1. The zero-order valence-corrected chi connectivity index (χ0v) is 15.6. The lowest BCUT2D eigenvalue weighted by molar-refractivity contribution is -0.129. The second-order valence-corrected chi connectivity index (χ2v) is 6.23. The molecule has 140 valence electrons. The molecule has 0 radical (unpaired) electrons. The van der Waals surface area contributed by atoms with Gasteiger partial charge < -0.3 is 15.0 Å². The maximum Gasteiger partial charge on any atom is 0.261 e. The topological polar surface area (TPSA) is 76.5 Å². The fraction of sp³-hybridized carbons (Fsp3) is 0.250. The monoisotopic (exact) mass is 366 g/mol. The van der Waals surface area contributed by atoms with Crippen LogP contribution in [0, 0.1) is 0 Å². The van der Waals surface area contributed by atoms with E-state index >= 15 is 0 Å². The van der Waals surface area contributed by atoms with Crippen molar-refractivity contribution in [2.24, 2.45) is 0 Å². The number of carbonyl (C=O) groups excluding carboxylic acids is 2. The van der Waals surface area contributed by atoms with E-state index < -0.39 is 0 Å². The van der Waals surface area contributed by atoms with Gasteiger partial charge in [0, 0.05) is 26.4 Å². The maximum absolute atomic E-state index is 12.9. The SMILES string of the molecule is CCOc1ccc2ccccc2c1C(=O)Nc1ccn(CC(=O)N(C)C)n1. The van der Waals surface area contributed by atoms with Gasteiger partial charge in [-0.1, -0.05) is 30.3 Å². The van der Waals surface area contributed by atoms with Crippen molar-refractivity contribution >= 4 is 28.4 Å². The lowest BCUT2D eigenvalue weighted by Crippen LogP contribution is -2.26. The van der Waals surface area contributed by atoms with Crippen LogP contribution in [0.25, 0.3) is 10.8 Å². The van der Waals surface area contributed by atoms with E-state index in [-0.39, 0.29) is 18.4 Å². The first-order valence-corrected chi connectivity index (χ1v) is 8.69. The second kappa shape index (κ2) is 7.90. The molecule has 7 heteroatoms. The number of carbonyl (C=O) groups is 2. The Labute approximate surface area is 157 Å². The summed E-state index contributed by atoms with van der Waals surface area (Å²) in [6.45, 7) is 2.45. The van der Waals surface area contributed by atoms with Crippen molar-refractivity contribution in [1.29, 1.82) is 0 Å². The van der Waals surface area contributed by atoms with Crippen LogP contribution in [0.15, 0.2) is 48.7 Å². The van der Waals surface area contributed by atoms with Crippen LogP contribution in [0.3, 0.4) is 0 Å². The molecule has 0 aliphatic heterocycles. The van der Waals surface area contributed by atoms with Gasteiger partial charge in [-0.15, -0.1) is 0 Å². The minimum atomic E-state index is -0.306. The zero-order chi connectivity index (χ0) is 19.4. The highest BCUT2D eigenvalue weighted by molar-refractivity contribution is 6.14. The smallest absolute Gasteiger partial charge is 0.261 e. The Morgan fingerprint density at radius 2 is 1.93 bits per heavy atom. The van der Waals surface area contributed by atoms with Crippen molar-refractivity contribution in [2.75, 3.05) is 26.0 Å². The first-order chi connectivity index (χ1) is 13.0. The minimum absolute atomic E-state index is 0.0799. The zero-order valence-electron chi connectivity index (χ0n) is 15.6. The molecule has 1 heterocycles. The molecule has 2 amide bonds. The Morgan fingerprint density at radius 1 is 1.15 bits per heavy atom. The molecule has 7 nitrogen and oxygen atoms in total. The van der Waals surface area contributed by atoms with Gasteiger partial charge in [0.05, 0.1) is 12.2 Å². The molecule has 3 rings (SSSR count). The predicted octanol–water partition coefficient (Wildman–Crippen LogP) is 2.78. The van der Waals surface area contributed by atoms with E-state index in [4.69, 9.17) is 4.74 Å². The average molecular weight is 366 g/mol. The number of hydrogen-bond acceptors (Lipinski definition) is 4. The molecule has 1 aromatic heterocycles. The van der Waals surface area contributed by atoms with Gasteiger partial charge in [-0.25, -0.2) is 0 Å². The van der Waals surface area contributed by atoms with Crippen molar-refractivity contribution in [2.45, 2.75) is 13.5 Å². The van der Waals surface area contributed by atoms with E-state index in [1.165, 1.54) is 9.58 Å². The molecule has 0 bridgehead atoms. The van der Waals surface area contributed by atoms with E-state index in [2.05, 4.69) is 10.4 Å². The van der Waals surface area contributed by atoms with Crippen molar-refractivity contribution in [3.63, 3.8) is 0 Å². The highest BCUT2D eigenvalue weighted by atomic mass is 16.5. The molecule has 3 aromatic rings. The summed E-state index contributed by atoms with van der Waals surface area (Å²) in [5.41, 5.74) is 0.467. The molecular formula is C20H22N4O3. The fourth-order valence-electron chi connectivity index (χ4n) is 2.74. The van der Waals surface area contributed by atoms with Gasteiger partial charge in [-0.05, 0) is 23.8 Å². The van der Waals surface area contributed by atoms with Crippen molar-refractivity contribution in [3.05, 3.63) is 54.2 Å². The van der Waals surface area contributed by atoms with E-state index in [9.17, 15) is 9.59 Å². The molecule has 2 aromatic carbocycles. The number of fused-ring (bicyclic) bond motifs is 1. The van der Waals surface area contributed by atoms with E-state index in [0.29, 0.717) is 23.7 Å². The number of likely N-dealkylation sites (N-methyl/N-ethyl adjacent to an activating group) is 1. The van der Waals surface area contributed by atoms with Gasteiger partial charge in [0.2, 0.25) is 5.91 Å². The number of aromatic nitrogens is 2. The van der Waals surface area contributed by atoms with E-state index in [1.807, 2.05) is 37.3 Å². The summed E-state index contributed by atoms with van der Waals surface area (Å²) in [6.07, 6.45) is 1.66. The molecule has 0 aliphatic carbocycles. The van der Waals surface area contributed by atoms with Crippen LogP contribution in [0.5, 0.6) is 5.75 Å². The summed E-state index contributed by atoms with van der Waals surface area (Å²) in [5.74, 6) is 0.515. The van der Waals surface area contributed by atoms with Crippen molar-refractivity contribution in [1.82, 2.24) is 14.7 Å². The molecule has 27 heavy (non-hydrogen) atoms. The number of amides is 2. The molecule has 1 N–H and O–H groups in total. The summed E-state index contributed by atoms with van der Waals surface area (Å²) in [5, 5.41) is 8.81.